The summed E-state index contributed by atoms with van der Waals surface area (Å²) in [5.41, 5.74) is 0. The quantitative estimate of drug-likeness (QED) is 0.711. The molecule has 1 N–H and O–H groups in total. The molecule has 0 aromatic carbocycles. The Morgan fingerprint density at radius 2 is 2.00 bits per heavy atom. The van der Waals surface area contributed by atoms with Gasteiger partial charge in [0.2, 0.25) is 0 Å². The number of hydrogen-bond acceptors (Lipinski definition) is 2. The molecule has 0 aromatic rings. The highest BCUT2D eigenvalue weighted by atomic mass is 15.2. The van der Waals surface area contributed by atoms with E-state index < -0.39 is 0 Å². The van der Waals surface area contributed by atoms with Crippen molar-refractivity contribution in [3.8, 4) is 0 Å². The van der Waals surface area contributed by atoms with E-state index in [0.29, 0.717) is 0 Å². The van der Waals surface area contributed by atoms with Crippen LogP contribution < -0.4 is 5.32 Å². The number of rotatable bonds is 3. The van der Waals surface area contributed by atoms with Crippen molar-refractivity contribution in [1.29, 1.82) is 0 Å². The van der Waals surface area contributed by atoms with Crippen LogP contribution in [0.5, 0.6) is 0 Å². The third kappa shape index (κ3) is 2.68. The van der Waals surface area contributed by atoms with E-state index in [0.717, 1.165) is 18.0 Å². The smallest absolute Gasteiger partial charge is 0.0200 e. The van der Waals surface area contributed by atoms with Gasteiger partial charge in [0.25, 0.3) is 0 Å². The van der Waals surface area contributed by atoms with E-state index >= 15 is 0 Å². The van der Waals surface area contributed by atoms with Crippen LogP contribution in [0.1, 0.15) is 33.1 Å². The summed E-state index contributed by atoms with van der Waals surface area (Å²) in [6, 6.07) is 1.64. The molecule has 1 aliphatic heterocycles. The van der Waals surface area contributed by atoms with E-state index in [2.05, 4.69) is 24.1 Å². The summed E-state index contributed by atoms with van der Waals surface area (Å²) in [6.07, 6.45) is 4.21. The lowest BCUT2D eigenvalue weighted by molar-refractivity contribution is 0.155. The number of piperidine rings is 1. The van der Waals surface area contributed by atoms with Crippen LogP contribution in [0.3, 0.4) is 0 Å². The topological polar surface area (TPSA) is 15.3 Å². The molecule has 2 fully saturated rings. The Kier molecular flexibility index (Phi) is 2.89. The van der Waals surface area contributed by atoms with Crippen molar-refractivity contribution in [2.75, 3.05) is 19.6 Å². The van der Waals surface area contributed by atoms with E-state index in [1.807, 2.05) is 0 Å². The van der Waals surface area contributed by atoms with Gasteiger partial charge in [0.1, 0.15) is 0 Å². The summed E-state index contributed by atoms with van der Waals surface area (Å²) >= 11 is 0. The lowest BCUT2D eigenvalue weighted by Gasteiger charge is -2.36. The molecule has 2 unspecified atom stereocenters. The fourth-order valence-electron chi connectivity index (χ4n) is 2.42. The highest BCUT2D eigenvalue weighted by molar-refractivity contribution is 4.89. The third-order valence-corrected chi connectivity index (χ3v) is 3.23. The summed E-state index contributed by atoms with van der Waals surface area (Å²) in [5, 5.41) is 3.75. The van der Waals surface area contributed by atoms with Gasteiger partial charge in [0.05, 0.1) is 0 Å². The molecule has 1 saturated carbocycles. The van der Waals surface area contributed by atoms with Crippen LogP contribution in [0.15, 0.2) is 0 Å². The van der Waals surface area contributed by atoms with Crippen molar-refractivity contribution in [3.05, 3.63) is 0 Å². The maximum absolute atomic E-state index is 3.75. The molecule has 0 radical (unpaired) electrons. The zero-order valence-electron chi connectivity index (χ0n) is 8.92. The molecular formula is C11H22N2. The number of likely N-dealkylation sites (N-methyl/N-ethyl adjacent to an activating group) is 1. The van der Waals surface area contributed by atoms with Gasteiger partial charge in [-0.15, -0.1) is 0 Å². The molecule has 0 amide bonds. The Balaban J connectivity index is 1.80. The molecule has 2 rings (SSSR count). The fourth-order valence-corrected chi connectivity index (χ4v) is 2.42. The van der Waals surface area contributed by atoms with E-state index in [1.165, 1.54) is 38.9 Å². The van der Waals surface area contributed by atoms with E-state index in [4.69, 9.17) is 0 Å². The summed E-state index contributed by atoms with van der Waals surface area (Å²) in [6.45, 7) is 8.44. The number of nitrogens with zero attached hydrogens (tertiary/aromatic N) is 1. The molecule has 2 heteroatoms. The molecule has 0 spiro atoms. The Morgan fingerprint density at radius 1 is 1.23 bits per heavy atom. The molecule has 0 aromatic heterocycles. The van der Waals surface area contributed by atoms with Gasteiger partial charge in [-0.25, -0.2) is 0 Å². The van der Waals surface area contributed by atoms with Crippen LogP contribution in [0.4, 0.5) is 0 Å². The first kappa shape index (κ1) is 9.47. The van der Waals surface area contributed by atoms with Crippen molar-refractivity contribution >= 4 is 0 Å². The van der Waals surface area contributed by atoms with Crippen LogP contribution >= 0.6 is 0 Å². The Labute approximate surface area is 81.7 Å². The van der Waals surface area contributed by atoms with Crippen LogP contribution in [0.25, 0.3) is 0 Å². The maximum atomic E-state index is 3.75. The molecule has 76 valence electrons. The van der Waals surface area contributed by atoms with Crippen molar-refractivity contribution in [2.45, 2.75) is 45.2 Å². The Hall–Kier alpha value is -0.0800. The lowest BCUT2D eigenvalue weighted by Crippen LogP contribution is -2.49. The van der Waals surface area contributed by atoms with Gasteiger partial charge in [-0.05, 0) is 31.7 Å². The van der Waals surface area contributed by atoms with Gasteiger partial charge in [-0.1, -0.05) is 13.8 Å². The van der Waals surface area contributed by atoms with E-state index in [1.54, 1.807) is 0 Å². The van der Waals surface area contributed by atoms with Gasteiger partial charge in [0, 0.05) is 25.2 Å². The molecule has 0 bridgehead atoms. The number of likely N-dealkylation sites (tertiary alicyclic amines) is 1. The largest absolute Gasteiger partial charge is 0.310 e. The van der Waals surface area contributed by atoms with Crippen molar-refractivity contribution < 1.29 is 0 Å². The normalized spacial score (nSPS) is 36.5. The first-order valence-corrected chi connectivity index (χ1v) is 5.76. The third-order valence-electron chi connectivity index (χ3n) is 3.23. The molecule has 2 nitrogen and oxygen atoms in total. The second-order valence-corrected chi connectivity index (χ2v) is 4.83. The van der Waals surface area contributed by atoms with Gasteiger partial charge < -0.3 is 10.2 Å². The predicted octanol–water partition coefficient (Wildman–Crippen LogP) is 1.47. The molecule has 2 atom stereocenters. The van der Waals surface area contributed by atoms with Crippen molar-refractivity contribution in [1.82, 2.24) is 10.2 Å². The minimum Gasteiger partial charge on any atom is -0.310 e. The van der Waals surface area contributed by atoms with Crippen LogP contribution in [0.2, 0.25) is 0 Å². The Bertz CT molecular complexity index is 163. The van der Waals surface area contributed by atoms with Gasteiger partial charge in [0.15, 0.2) is 0 Å². The van der Waals surface area contributed by atoms with Crippen LogP contribution in [-0.4, -0.2) is 36.6 Å². The number of nitrogens with one attached hydrogen (secondary N) is 1. The fraction of sp³-hybridized carbons (Fsp3) is 1.00. The number of hydrogen-bond donors (Lipinski definition) is 1. The summed E-state index contributed by atoms with van der Waals surface area (Å²) in [5.74, 6) is 0.880. The second kappa shape index (κ2) is 3.97. The summed E-state index contributed by atoms with van der Waals surface area (Å²) < 4.78 is 0. The van der Waals surface area contributed by atoms with Gasteiger partial charge in [-0.2, -0.15) is 0 Å². The predicted molar refractivity (Wildman–Crippen MR) is 55.8 cm³/mol. The highest BCUT2D eigenvalue weighted by Gasteiger charge is 2.29. The average Bonchev–Trinajstić information content (AvgIpc) is 2.87. The molecular weight excluding hydrogens is 160 g/mol. The second-order valence-electron chi connectivity index (χ2n) is 4.83. The van der Waals surface area contributed by atoms with Gasteiger partial charge >= 0.3 is 0 Å². The van der Waals surface area contributed by atoms with E-state index in [9.17, 15) is 0 Å². The van der Waals surface area contributed by atoms with Crippen molar-refractivity contribution in [2.24, 2.45) is 5.92 Å². The summed E-state index contributed by atoms with van der Waals surface area (Å²) in [7, 11) is 0. The average molecular weight is 182 g/mol. The molecule has 1 heterocycles. The van der Waals surface area contributed by atoms with Crippen molar-refractivity contribution in [3.63, 3.8) is 0 Å². The zero-order valence-corrected chi connectivity index (χ0v) is 8.92. The minimum atomic E-state index is 0.774. The van der Waals surface area contributed by atoms with Crippen LogP contribution in [-0.2, 0) is 0 Å². The molecule has 1 saturated heterocycles. The first-order valence-electron chi connectivity index (χ1n) is 5.76. The van der Waals surface area contributed by atoms with E-state index in [-0.39, 0.29) is 0 Å². The molecule has 2 aliphatic rings. The first-order chi connectivity index (χ1) is 6.28. The molecule has 1 aliphatic carbocycles. The maximum Gasteiger partial charge on any atom is 0.0200 e. The van der Waals surface area contributed by atoms with Crippen LogP contribution in [0, 0.1) is 5.92 Å². The highest BCUT2D eigenvalue weighted by Crippen LogP contribution is 2.23. The van der Waals surface area contributed by atoms with Gasteiger partial charge in [-0.3, -0.25) is 0 Å². The SMILES string of the molecule is CCN1CC(C)CC(NC2CC2)C1. The molecule has 13 heavy (non-hydrogen) atoms. The monoisotopic (exact) mass is 182 g/mol. The standard InChI is InChI=1S/C11H22N2/c1-3-13-7-9(2)6-11(8-13)12-10-4-5-10/h9-12H,3-8H2,1-2H3. The lowest BCUT2D eigenvalue weighted by atomic mass is 9.96. The summed E-state index contributed by atoms with van der Waals surface area (Å²) in [4.78, 5) is 2.58. The zero-order chi connectivity index (χ0) is 9.26. The minimum absolute atomic E-state index is 0.774. The Morgan fingerprint density at radius 3 is 2.62 bits per heavy atom.